The van der Waals surface area contributed by atoms with Gasteiger partial charge in [0.1, 0.15) is 11.6 Å². The third kappa shape index (κ3) is 4.19. The molecule has 2 aromatic rings. The van der Waals surface area contributed by atoms with E-state index >= 15 is 0 Å². The van der Waals surface area contributed by atoms with E-state index in [-0.39, 0.29) is 29.9 Å². The molecule has 3 heterocycles. The van der Waals surface area contributed by atoms with E-state index in [1.807, 2.05) is 0 Å². The Kier molecular flexibility index (Phi) is 4.80. The topological polar surface area (TPSA) is 116 Å². The van der Waals surface area contributed by atoms with Crippen LogP contribution in [0.3, 0.4) is 0 Å². The van der Waals surface area contributed by atoms with Crippen LogP contribution >= 0.6 is 0 Å². The zero-order valence-corrected chi connectivity index (χ0v) is 14.9. The highest BCUT2D eigenvalue weighted by atomic mass is 32.2. The lowest BCUT2D eigenvalue weighted by Crippen LogP contribution is -2.19. The van der Waals surface area contributed by atoms with Crippen molar-refractivity contribution in [3.05, 3.63) is 23.6 Å². The lowest BCUT2D eigenvalue weighted by molar-refractivity contribution is -0.116. The number of carbonyl (C=O) groups is 1. The summed E-state index contributed by atoms with van der Waals surface area (Å²) in [7, 11) is -1.54. The van der Waals surface area contributed by atoms with Crippen molar-refractivity contribution in [1.82, 2.24) is 14.9 Å². The normalized spacial score (nSPS) is 19.0. The van der Waals surface area contributed by atoms with Crippen molar-refractivity contribution in [2.75, 3.05) is 23.9 Å². The summed E-state index contributed by atoms with van der Waals surface area (Å²) in [6.45, 7) is 1.80. The molecule has 1 fully saturated rings. The van der Waals surface area contributed by atoms with Gasteiger partial charge < -0.3 is 14.6 Å². The molecule has 1 aliphatic heterocycles. The number of hydrogen-bond donors (Lipinski definition) is 1. The summed E-state index contributed by atoms with van der Waals surface area (Å²) >= 11 is 0. The first-order valence-electron chi connectivity index (χ1n) is 7.92. The first-order valence-corrected chi connectivity index (χ1v) is 9.74. The summed E-state index contributed by atoms with van der Waals surface area (Å²) in [6.07, 6.45) is 1.09. The molecule has 25 heavy (non-hydrogen) atoms. The Balaban J connectivity index is 1.63. The summed E-state index contributed by atoms with van der Waals surface area (Å²) in [4.78, 5) is 12.2. The first kappa shape index (κ1) is 17.5. The maximum absolute atomic E-state index is 12.2. The predicted octanol–water partition coefficient (Wildman–Crippen LogP) is 1.12. The number of rotatable bonds is 6. The van der Waals surface area contributed by atoms with Crippen molar-refractivity contribution in [2.45, 2.75) is 32.2 Å². The van der Waals surface area contributed by atoms with Gasteiger partial charge in [-0.1, -0.05) is 0 Å². The average molecular weight is 368 g/mol. The molecular formula is C15H20N4O5S. The SMILES string of the molecule is COc1cc(CCC(=O)Nc2cc(C)nn2[C@H]2CCS(=O)(=O)C2)on1. The molecule has 1 saturated heterocycles. The zero-order chi connectivity index (χ0) is 18.0. The van der Waals surface area contributed by atoms with Crippen LogP contribution in [0.2, 0.25) is 0 Å². The van der Waals surface area contributed by atoms with Gasteiger partial charge >= 0.3 is 0 Å². The van der Waals surface area contributed by atoms with Crippen LogP contribution in [0.25, 0.3) is 0 Å². The second-order valence-corrected chi connectivity index (χ2v) is 8.28. The number of aryl methyl sites for hydroxylation is 2. The number of aromatic nitrogens is 3. The summed E-state index contributed by atoms with van der Waals surface area (Å²) < 4.78 is 35.0. The maximum Gasteiger partial charge on any atom is 0.254 e. The van der Waals surface area contributed by atoms with Crippen LogP contribution < -0.4 is 10.1 Å². The van der Waals surface area contributed by atoms with Crippen molar-refractivity contribution in [2.24, 2.45) is 0 Å². The fourth-order valence-electron chi connectivity index (χ4n) is 2.81. The quantitative estimate of drug-likeness (QED) is 0.812. The number of amides is 1. The smallest absolute Gasteiger partial charge is 0.254 e. The van der Waals surface area contributed by atoms with Crippen molar-refractivity contribution in [1.29, 1.82) is 0 Å². The Labute approximate surface area is 145 Å². The van der Waals surface area contributed by atoms with Gasteiger partial charge in [0.25, 0.3) is 5.88 Å². The Morgan fingerprint density at radius 1 is 1.48 bits per heavy atom. The molecule has 0 saturated carbocycles. The Hall–Kier alpha value is -2.36. The van der Waals surface area contributed by atoms with E-state index in [4.69, 9.17) is 9.26 Å². The number of nitrogens with one attached hydrogen (secondary N) is 1. The summed E-state index contributed by atoms with van der Waals surface area (Å²) in [5.74, 6) is 1.42. The fraction of sp³-hybridized carbons (Fsp3) is 0.533. The molecule has 3 rings (SSSR count). The van der Waals surface area contributed by atoms with Gasteiger partial charge in [-0.3, -0.25) is 4.79 Å². The fourth-order valence-corrected chi connectivity index (χ4v) is 4.50. The summed E-state index contributed by atoms with van der Waals surface area (Å²) in [5.41, 5.74) is 0.722. The highest BCUT2D eigenvalue weighted by Crippen LogP contribution is 2.27. The molecule has 1 aliphatic rings. The molecule has 0 aromatic carbocycles. The van der Waals surface area contributed by atoms with Crippen molar-refractivity contribution in [3.8, 4) is 5.88 Å². The molecule has 9 nitrogen and oxygen atoms in total. The van der Waals surface area contributed by atoms with Gasteiger partial charge in [-0.2, -0.15) is 5.10 Å². The molecule has 10 heteroatoms. The number of hydrogen-bond acceptors (Lipinski definition) is 7. The molecule has 0 spiro atoms. The average Bonchev–Trinajstić information content (AvgIpc) is 3.24. The van der Waals surface area contributed by atoms with Crippen LogP contribution in [0, 0.1) is 6.92 Å². The van der Waals surface area contributed by atoms with Crippen LogP contribution in [0.4, 0.5) is 5.82 Å². The van der Waals surface area contributed by atoms with E-state index in [2.05, 4.69) is 15.6 Å². The van der Waals surface area contributed by atoms with Crippen LogP contribution in [-0.2, 0) is 21.1 Å². The van der Waals surface area contributed by atoms with Crippen molar-refractivity contribution < 1.29 is 22.5 Å². The summed E-state index contributed by atoms with van der Waals surface area (Å²) in [5, 5.41) is 10.8. The standard InChI is InChI=1S/C15H20N4O5S/c1-10-7-13(19(17-10)11-5-6-25(21,22)9-11)16-14(20)4-3-12-8-15(23-2)18-24-12/h7-8,11H,3-6,9H2,1-2H3,(H,16,20)/t11-/m0/s1. The second-order valence-electron chi connectivity index (χ2n) is 6.06. The Bertz CT molecular complexity index is 870. The molecule has 1 N–H and O–H groups in total. The third-order valence-corrected chi connectivity index (χ3v) is 5.77. The number of carbonyl (C=O) groups excluding carboxylic acids is 1. The van der Waals surface area contributed by atoms with E-state index in [1.165, 1.54) is 7.11 Å². The lowest BCUT2D eigenvalue weighted by atomic mass is 10.2. The highest BCUT2D eigenvalue weighted by molar-refractivity contribution is 7.91. The number of ether oxygens (including phenoxy) is 1. The molecule has 1 amide bonds. The van der Waals surface area contributed by atoms with Crippen molar-refractivity contribution >= 4 is 21.6 Å². The van der Waals surface area contributed by atoms with E-state index < -0.39 is 9.84 Å². The molecule has 1 atom stereocenters. The monoisotopic (exact) mass is 368 g/mol. The van der Waals surface area contributed by atoms with E-state index in [1.54, 1.807) is 23.7 Å². The molecule has 0 bridgehead atoms. The van der Waals surface area contributed by atoms with Gasteiger partial charge in [-0.05, 0) is 18.5 Å². The van der Waals surface area contributed by atoms with Gasteiger partial charge in [0, 0.05) is 25.0 Å². The Morgan fingerprint density at radius 2 is 2.28 bits per heavy atom. The number of anilines is 1. The largest absolute Gasteiger partial charge is 0.479 e. The van der Waals surface area contributed by atoms with E-state index in [9.17, 15) is 13.2 Å². The molecule has 0 unspecified atom stereocenters. The van der Waals surface area contributed by atoms with Gasteiger partial charge in [-0.15, -0.1) is 0 Å². The Morgan fingerprint density at radius 3 is 2.92 bits per heavy atom. The van der Waals surface area contributed by atoms with E-state index in [0.29, 0.717) is 30.3 Å². The minimum Gasteiger partial charge on any atom is -0.479 e. The third-order valence-electron chi connectivity index (χ3n) is 4.02. The van der Waals surface area contributed by atoms with Gasteiger partial charge in [-0.25, -0.2) is 13.1 Å². The van der Waals surface area contributed by atoms with Crippen LogP contribution in [0.1, 0.15) is 30.3 Å². The number of methoxy groups -OCH3 is 1. The zero-order valence-electron chi connectivity index (χ0n) is 14.1. The first-order chi connectivity index (χ1) is 11.9. The molecule has 2 aromatic heterocycles. The van der Waals surface area contributed by atoms with Gasteiger partial charge in [0.05, 0.1) is 30.4 Å². The highest BCUT2D eigenvalue weighted by Gasteiger charge is 2.31. The molecule has 136 valence electrons. The predicted molar refractivity (Wildman–Crippen MR) is 89.3 cm³/mol. The minimum atomic E-state index is -3.03. The second kappa shape index (κ2) is 6.87. The van der Waals surface area contributed by atoms with Crippen LogP contribution in [0.15, 0.2) is 16.7 Å². The maximum atomic E-state index is 12.2. The molecule has 0 aliphatic carbocycles. The number of sulfone groups is 1. The summed E-state index contributed by atoms with van der Waals surface area (Å²) in [6, 6.07) is 3.12. The van der Waals surface area contributed by atoms with Gasteiger partial charge in [0.15, 0.2) is 9.84 Å². The number of nitrogens with zero attached hydrogens (tertiary/aromatic N) is 3. The molecular weight excluding hydrogens is 348 g/mol. The van der Waals surface area contributed by atoms with E-state index in [0.717, 1.165) is 5.69 Å². The minimum absolute atomic E-state index is 0.0504. The molecule has 0 radical (unpaired) electrons. The van der Waals surface area contributed by atoms with Crippen LogP contribution in [-0.4, -0.2) is 47.9 Å². The van der Waals surface area contributed by atoms with Crippen molar-refractivity contribution in [3.63, 3.8) is 0 Å². The van der Waals surface area contributed by atoms with Crippen LogP contribution in [0.5, 0.6) is 5.88 Å². The lowest BCUT2D eigenvalue weighted by Gasteiger charge is -2.13. The van der Waals surface area contributed by atoms with Gasteiger partial charge in [0.2, 0.25) is 5.91 Å².